The topological polar surface area (TPSA) is 68.0 Å². The van der Waals surface area contributed by atoms with E-state index in [1.165, 1.54) is 0 Å². The quantitative estimate of drug-likeness (QED) is 0.919. The molecule has 0 aliphatic heterocycles. The largest absolute Gasteiger partial charge is 0.476 e. The number of rotatable bonds is 5. The molecule has 0 bridgehead atoms. The third-order valence-corrected chi connectivity index (χ3v) is 3.45. The number of aromatic nitrogens is 3. The Balaban J connectivity index is 2.35. The van der Waals surface area contributed by atoms with E-state index in [9.17, 15) is 4.79 Å². The Kier molecular flexibility index (Phi) is 4.62. The molecule has 2 aromatic rings. The highest BCUT2D eigenvalue weighted by atomic mass is 35.5. The summed E-state index contributed by atoms with van der Waals surface area (Å²) in [5.41, 5.74) is 1.42. The molecular weight excluding hydrogens is 301 g/mol. The second-order valence-electron chi connectivity index (χ2n) is 4.33. The van der Waals surface area contributed by atoms with Crippen molar-refractivity contribution in [2.24, 2.45) is 0 Å². The molecule has 0 aliphatic carbocycles. The number of hydrogen-bond acceptors (Lipinski definition) is 3. The van der Waals surface area contributed by atoms with Gasteiger partial charge < -0.3 is 5.11 Å². The zero-order chi connectivity index (χ0) is 14.7. The molecule has 0 unspecified atom stereocenters. The first-order chi connectivity index (χ1) is 9.52. The minimum Gasteiger partial charge on any atom is -0.476 e. The molecule has 106 valence electrons. The minimum absolute atomic E-state index is 0.00284. The predicted molar refractivity (Wildman–Crippen MR) is 76.5 cm³/mol. The van der Waals surface area contributed by atoms with Crippen molar-refractivity contribution >= 4 is 29.2 Å². The number of benzene rings is 1. The highest BCUT2D eigenvalue weighted by Gasteiger charge is 2.18. The number of halogens is 2. The summed E-state index contributed by atoms with van der Waals surface area (Å²) in [7, 11) is 0. The Morgan fingerprint density at radius 3 is 2.75 bits per heavy atom. The summed E-state index contributed by atoms with van der Waals surface area (Å²) in [5.74, 6) is -1.07. The predicted octanol–water partition coefficient (Wildman–Crippen LogP) is 3.28. The summed E-state index contributed by atoms with van der Waals surface area (Å²) in [6.07, 6.45) is 1.40. The van der Waals surface area contributed by atoms with Crippen molar-refractivity contribution in [2.75, 3.05) is 0 Å². The Morgan fingerprint density at radius 1 is 1.40 bits per heavy atom. The van der Waals surface area contributed by atoms with Crippen LogP contribution < -0.4 is 0 Å². The molecule has 1 heterocycles. The highest BCUT2D eigenvalue weighted by Crippen LogP contribution is 2.22. The van der Waals surface area contributed by atoms with E-state index in [0.29, 0.717) is 28.7 Å². The van der Waals surface area contributed by atoms with E-state index in [1.807, 2.05) is 6.92 Å². The zero-order valence-corrected chi connectivity index (χ0v) is 12.3. The number of hydrogen-bond donors (Lipinski definition) is 1. The molecule has 1 N–H and O–H groups in total. The zero-order valence-electron chi connectivity index (χ0n) is 10.8. The van der Waals surface area contributed by atoms with Crippen LogP contribution in [0.5, 0.6) is 0 Å². The van der Waals surface area contributed by atoms with Gasteiger partial charge in [0.2, 0.25) is 0 Å². The molecule has 1 aromatic carbocycles. The maximum Gasteiger partial charge on any atom is 0.358 e. The fourth-order valence-corrected chi connectivity index (χ4v) is 2.39. The van der Waals surface area contributed by atoms with E-state index in [0.717, 1.165) is 12.0 Å². The molecule has 0 saturated carbocycles. The van der Waals surface area contributed by atoms with E-state index >= 15 is 0 Å². The maximum absolute atomic E-state index is 11.1. The Morgan fingerprint density at radius 2 is 2.15 bits per heavy atom. The lowest BCUT2D eigenvalue weighted by molar-refractivity contribution is 0.0689. The molecule has 0 amide bonds. The summed E-state index contributed by atoms with van der Waals surface area (Å²) >= 11 is 12.0. The van der Waals surface area contributed by atoms with Gasteiger partial charge in [-0.05, 0) is 24.1 Å². The van der Waals surface area contributed by atoms with Crippen LogP contribution in [0.3, 0.4) is 0 Å². The van der Waals surface area contributed by atoms with Crippen molar-refractivity contribution in [1.29, 1.82) is 0 Å². The third kappa shape index (κ3) is 3.11. The van der Waals surface area contributed by atoms with Crippen molar-refractivity contribution in [1.82, 2.24) is 15.0 Å². The van der Waals surface area contributed by atoms with Crippen LogP contribution in [0.1, 0.15) is 35.1 Å². The fourth-order valence-electron chi connectivity index (χ4n) is 1.92. The van der Waals surface area contributed by atoms with E-state index in [1.54, 1.807) is 22.9 Å². The summed E-state index contributed by atoms with van der Waals surface area (Å²) in [4.78, 5) is 11.1. The molecule has 0 atom stereocenters. The lowest BCUT2D eigenvalue weighted by Gasteiger charge is -2.08. The van der Waals surface area contributed by atoms with Gasteiger partial charge in [-0.25, -0.2) is 9.48 Å². The van der Waals surface area contributed by atoms with Crippen LogP contribution in [0.25, 0.3) is 0 Å². The summed E-state index contributed by atoms with van der Waals surface area (Å²) in [6.45, 7) is 2.34. The van der Waals surface area contributed by atoms with Gasteiger partial charge in [-0.1, -0.05) is 47.8 Å². The second-order valence-corrected chi connectivity index (χ2v) is 5.18. The molecule has 0 radical (unpaired) electrons. The van der Waals surface area contributed by atoms with E-state index in [-0.39, 0.29) is 5.69 Å². The average molecular weight is 314 g/mol. The SMILES string of the molecule is CCCc1c(C(=O)O)nnn1Cc1ccc(Cl)cc1Cl. The van der Waals surface area contributed by atoms with Gasteiger partial charge in [0.05, 0.1) is 12.2 Å². The molecule has 0 saturated heterocycles. The standard InChI is InChI=1S/C13H13Cl2N3O2/c1-2-3-11-12(13(19)20)16-17-18(11)7-8-4-5-9(14)6-10(8)15/h4-6H,2-3,7H2,1H3,(H,19,20). The van der Waals surface area contributed by atoms with Crippen LogP contribution in [-0.4, -0.2) is 26.1 Å². The van der Waals surface area contributed by atoms with Crippen molar-refractivity contribution in [3.8, 4) is 0 Å². The van der Waals surface area contributed by atoms with Gasteiger partial charge in [0.25, 0.3) is 0 Å². The number of aromatic carboxylic acids is 1. The molecule has 0 aliphatic rings. The third-order valence-electron chi connectivity index (χ3n) is 2.86. The first-order valence-corrected chi connectivity index (χ1v) is 6.88. The lowest BCUT2D eigenvalue weighted by atomic mass is 10.2. The molecule has 1 aromatic heterocycles. The second kappa shape index (κ2) is 6.24. The number of carboxylic acid groups (broad SMARTS) is 1. The number of carbonyl (C=O) groups is 1. The molecule has 20 heavy (non-hydrogen) atoms. The molecule has 2 rings (SSSR count). The van der Waals surface area contributed by atoms with Crippen molar-refractivity contribution in [3.05, 3.63) is 45.2 Å². The summed E-state index contributed by atoms with van der Waals surface area (Å²) in [6, 6.07) is 5.17. The van der Waals surface area contributed by atoms with E-state index in [4.69, 9.17) is 28.3 Å². The van der Waals surface area contributed by atoms with Crippen LogP contribution in [0.4, 0.5) is 0 Å². The number of carboxylic acids is 1. The average Bonchev–Trinajstić information content (AvgIpc) is 2.77. The molecule has 5 nitrogen and oxygen atoms in total. The highest BCUT2D eigenvalue weighted by molar-refractivity contribution is 6.35. The van der Waals surface area contributed by atoms with Gasteiger partial charge in [-0.2, -0.15) is 0 Å². The number of nitrogens with zero attached hydrogens (tertiary/aromatic N) is 3. The smallest absolute Gasteiger partial charge is 0.358 e. The van der Waals surface area contributed by atoms with Crippen LogP contribution in [0.2, 0.25) is 10.0 Å². The molecular formula is C13H13Cl2N3O2. The van der Waals surface area contributed by atoms with Crippen molar-refractivity contribution in [3.63, 3.8) is 0 Å². The van der Waals surface area contributed by atoms with Gasteiger partial charge in [0.1, 0.15) is 0 Å². The van der Waals surface area contributed by atoms with Gasteiger partial charge in [0, 0.05) is 10.0 Å². The minimum atomic E-state index is -1.07. The van der Waals surface area contributed by atoms with Crippen LogP contribution in [0, 0.1) is 0 Å². The molecule has 7 heteroatoms. The maximum atomic E-state index is 11.1. The van der Waals surface area contributed by atoms with Crippen LogP contribution >= 0.6 is 23.2 Å². The molecule has 0 spiro atoms. The van der Waals surface area contributed by atoms with Gasteiger partial charge in [0.15, 0.2) is 5.69 Å². The van der Waals surface area contributed by atoms with Crippen LogP contribution in [0.15, 0.2) is 18.2 Å². The van der Waals surface area contributed by atoms with Gasteiger partial charge in [-0.15, -0.1) is 5.10 Å². The van der Waals surface area contributed by atoms with Crippen LogP contribution in [-0.2, 0) is 13.0 Å². The normalized spacial score (nSPS) is 10.8. The summed E-state index contributed by atoms with van der Waals surface area (Å²) < 4.78 is 1.57. The van der Waals surface area contributed by atoms with Crippen molar-refractivity contribution in [2.45, 2.75) is 26.3 Å². The monoisotopic (exact) mass is 313 g/mol. The first kappa shape index (κ1) is 14.8. The van der Waals surface area contributed by atoms with Gasteiger partial charge in [-0.3, -0.25) is 0 Å². The summed E-state index contributed by atoms with van der Waals surface area (Å²) in [5, 5.41) is 17.8. The lowest BCUT2D eigenvalue weighted by Crippen LogP contribution is -2.09. The Hall–Kier alpha value is -1.59. The Bertz CT molecular complexity index is 641. The van der Waals surface area contributed by atoms with Gasteiger partial charge >= 0.3 is 5.97 Å². The molecule has 0 fully saturated rings. The first-order valence-electron chi connectivity index (χ1n) is 6.12. The van der Waals surface area contributed by atoms with Crippen molar-refractivity contribution < 1.29 is 9.90 Å². The van der Waals surface area contributed by atoms with E-state index in [2.05, 4.69) is 10.3 Å². The fraction of sp³-hybridized carbons (Fsp3) is 0.308. The Labute approximate surface area is 126 Å². The van der Waals surface area contributed by atoms with E-state index < -0.39 is 5.97 Å².